The van der Waals surface area contributed by atoms with Gasteiger partial charge in [-0.3, -0.25) is 9.78 Å². The molecule has 0 aliphatic carbocycles. The number of urea groups is 1. The highest BCUT2D eigenvalue weighted by molar-refractivity contribution is 5.86. The Balaban J connectivity index is 0.000000383. The topological polar surface area (TPSA) is 94.0 Å². The molecular formula is C22H29F3N4O4. The number of piperidine rings is 1. The molecule has 11 heteroatoms. The van der Waals surface area contributed by atoms with E-state index in [0.717, 1.165) is 69.7 Å². The number of carbonyl (C=O) groups is 3. The second kappa shape index (κ2) is 9.96. The van der Waals surface area contributed by atoms with Crippen molar-refractivity contribution in [2.24, 2.45) is 5.41 Å². The van der Waals surface area contributed by atoms with Gasteiger partial charge >= 0.3 is 18.2 Å². The highest BCUT2D eigenvalue weighted by Crippen LogP contribution is 2.41. The number of carbonyl (C=O) groups excluding carboxylic acids is 2. The number of alkyl halides is 3. The van der Waals surface area contributed by atoms with Gasteiger partial charge in [0.1, 0.15) is 0 Å². The molecular weight excluding hydrogens is 441 g/mol. The third-order valence-electron chi connectivity index (χ3n) is 6.37. The van der Waals surface area contributed by atoms with E-state index in [1.807, 2.05) is 39.8 Å². The third kappa shape index (κ3) is 5.94. The Hall–Kier alpha value is -2.85. The van der Waals surface area contributed by atoms with Gasteiger partial charge in [0, 0.05) is 38.4 Å². The Kier molecular flexibility index (Phi) is 7.48. The number of pyridine rings is 1. The van der Waals surface area contributed by atoms with Crippen molar-refractivity contribution in [3.63, 3.8) is 0 Å². The van der Waals surface area contributed by atoms with Gasteiger partial charge in [-0.15, -0.1) is 0 Å². The van der Waals surface area contributed by atoms with Gasteiger partial charge in [-0.1, -0.05) is 6.07 Å². The molecule has 1 spiro atoms. The molecule has 0 aromatic carbocycles. The molecule has 3 aliphatic heterocycles. The Morgan fingerprint density at radius 3 is 2.30 bits per heavy atom. The lowest BCUT2D eigenvalue weighted by Gasteiger charge is -2.40. The number of hydrogen-bond acceptors (Lipinski definition) is 4. The molecule has 8 nitrogen and oxygen atoms in total. The van der Waals surface area contributed by atoms with E-state index < -0.39 is 12.1 Å². The van der Waals surface area contributed by atoms with Crippen molar-refractivity contribution in [2.75, 3.05) is 32.7 Å². The van der Waals surface area contributed by atoms with Crippen LogP contribution < -0.4 is 0 Å². The van der Waals surface area contributed by atoms with Crippen LogP contribution in [-0.2, 0) is 16.1 Å². The van der Waals surface area contributed by atoms with Gasteiger partial charge in [0.05, 0.1) is 17.7 Å². The van der Waals surface area contributed by atoms with Crippen LogP contribution in [0.3, 0.4) is 0 Å². The van der Waals surface area contributed by atoms with Crippen LogP contribution >= 0.6 is 0 Å². The van der Waals surface area contributed by atoms with Gasteiger partial charge < -0.3 is 19.8 Å². The van der Waals surface area contributed by atoms with E-state index in [0.29, 0.717) is 13.1 Å². The Bertz CT molecular complexity index is 889. The van der Waals surface area contributed by atoms with Crippen LogP contribution in [0, 0.1) is 12.3 Å². The molecule has 1 N–H and O–H groups in total. The smallest absolute Gasteiger partial charge is 0.475 e. The van der Waals surface area contributed by atoms with Crippen molar-refractivity contribution >= 4 is 17.9 Å². The summed E-state index contributed by atoms with van der Waals surface area (Å²) in [7, 11) is 0. The molecule has 4 rings (SSSR count). The summed E-state index contributed by atoms with van der Waals surface area (Å²) in [6.45, 7) is 6.40. The monoisotopic (exact) mass is 470 g/mol. The fraction of sp³-hybridized carbons (Fsp3) is 0.636. The van der Waals surface area contributed by atoms with E-state index in [4.69, 9.17) is 9.90 Å². The fourth-order valence-corrected chi connectivity index (χ4v) is 4.71. The number of carboxylic acid groups (broad SMARTS) is 1. The minimum absolute atomic E-state index is 0.133. The maximum Gasteiger partial charge on any atom is 0.490 e. The molecule has 1 unspecified atom stereocenters. The van der Waals surface area contributed by atoms with Crippen LogP contribution in [0.2, 0.25) is 0 Å². The summed E-state index contributed by atoms with van der Waals surface area (Å²) in [6, 6.07) is 6.08. The number of carboxylic acids is 1. The first kappa shape index (κ1) is 24.8. The molecule has 1 aromatic rings. The van der Waals surface area contributed by atoms with Crippen LogP contribution in [0.25, 0.3) is 0 Å². The molecule has 3 amide bonds. The van der Waals surface area contributed by atoms with E-state index in [1.54, 1.807) is 0 Å². The SMILES string of the molecule is Cc1cccc(CN2CCC3(CCCN(C(=O)N4CCCC4)C3)C2=O)n1.O=C(O)C(F)(F)F. The second-order valence-corrected chi connectivity index (χ2v) is 8.83. The number of likely N-dealkylation sites (tertiary alicyclic amines) is 3. The van der Waals surface area contributed by atoms with Gasteiger partial charge in [0.25, 0.3) is 0 Å². The minimum Gasteiger partial charge on any atom is -0.475 e. The first-order chi connectivity index (χ1) is 15.5. The van der Waals surface area contributed by atoms with Crippen molar-refractivity contribution in [1.82, 2.24) is 19.7 Å². The largest absolute Gasteiger partial charge is 0.490 e. The molecule has 3 aliphatic rings. The molecule has 0 radical (unpaired) electrons. The van der Waals surface area contributed by atoms with E-state index >= 15 is 0 Å². The van der Waals surface area contributed by atoms with Gasteiger partial charge in [0.15, 0.2) is 0 Å². The predicted octanol–water partition coefficient (Wildman–Crippen LogP) is 3.05. The summed E-state index contributed by atoms with van der Waals surface area (Å²) in [5.74, 6) is -2.55. The number of rotatable bonds is 2. The summed E-state index contributed by atoms with van der Waals surface area (Å²) in [4.78, 5) is 45.2. The number of aryl methyl sites for hydroxylation is 1. The highest BCUT2D eigenvalue weighted by Gasteiger charge is 2.50. The average Bonchev–Trinajstić information content (AvgIpc) is 3.39. The number of aliphatic carboxylic acids is 1. The zero-order chi connectivity index (χ0) is 24.2. The molecule has 3 saturated heterocycles. The first-order valence-corrected chi connectivity index (χ1v) is 11.1. The summed E-state index contributed by atoms with van der Waals surface area (Å²) in [6.07, 6.45) is -0.224. The number of nitrogens with zero attached hydrogens (tertiary/aromatic N) is 4. The van der Waals surface area contributed by atoms with Gasteiger partial charge in [0.2, 0.25) is 5.91 Å². The van der Waals surface area contributed by atoms with E-state index in [9.17, 15) is 22.8 Å². The molecule has 1 aromatic heterocycles. The summed E-state index contributed by atoms with van der Waals surface area (Å²) < 4.78 is 31.7. The molecule has 4 heterocycles. The molecule has 0 bridgehead atoms. The Morgan fingerprint density at radius 2 is 1.70 bits per heavy atom. The second-order valence-electron chi connectivity index (χ2n) is 8.83. The number of aromatic nitrogens is 1. The molecule has 0 saturated carbocycles. The van der Waals surface area contributed by atoms with Gasteiger partial charge in [-0.2, -0.15) is 13.2 Å². The molecule has 182 valence electrons. The zero-order valence-electron chi connectivity index (χ0n) is 18.6. The summed E-state index contributed by atoms with van der Waals surface area (Å²) >= 11 is 0. The quantitative estimate of drug-likeness (QED) is 0.717. The fourth-order valence-electron chi connectivity index (χ4n) is 4.71. The maximum atomic E-state index is 13.2. The zero-order valence-corrected chi connectivity index (χ0v) is 18.6. The lowest BCUT2D eigenvalue weighted by molar-refractivity contribution is -0.192. The van der Waals surface area contributed by atoms with Crippen LogP contribution in [0.5, 0.6) is 0 Å². The predicted molar refractivity (Wildman–Crippen MR) is 112 cm³/mol. The normalized spacial score (nSPS) is 23.0. The molecule has 3 fully saturated rings. The number of hydrogen-bond donors (Lipinski definition) is 1. The van der Waals surface area contributed by atoms with Crippen molar-refractivity contribution < 1.29 is 32.7 Å². The van der Waals surface area contributed by atoms with Crippen LogP contribution in [0.15, 0.2) is 18.2 Å². The third-order valence-corrected chi connectivity index (χ3v) is 6.37. The number of halogens is 3. The summed E-state index contributed by atoms with van der Waals surface area (Å²) in [5.41, 5.74) is 1.54. The first-order valence-electron chi connectivity index (χ1n) is 11.1. The Labute approximate surface area is 190 Å². The minimum atomic E-state index is -5.08. The van der Waals surface area contributed by atoms with E-state index in [1.165, 1.54) is 0 Å². The summed E-state index contributed by atoms with van der Waals surface area (Å²) in [5, 5.41) is 7.12. The Morgan fingerprint density at radius 1 is 1.06 bits per heavy atom. The van der Waals surface area contributed by atoms with Crippen molar-refractivity contribution in [2.45, 2.75) is 51.7 Å². The molecule has 33 heavy (non-hydrogen) atoms. The van der Waals surface area contributed by atoms with Crippen LogP contribution in [0.4, 0.5) is 18.0 Å². The van der Waals surface area contributed by atoms with E-state index in [-0.39, 0.29) is 17.4 Å². The van der Waals surface area contributed by atoms with Gasteiger partial charge in [-0.05, 0) is 51.2 Å². The van der Waals surface area contributed by atoms with E-state index in [2.05, 4.69) is 4.98 Å². The maximum absolute atomic E-state index is 13.2. The van der Waals surface area contributed by atoms with Crippen molar-refractivity contribution in [3.8, 4) is 0 Å². The van der Waals surface area contributed by atoms with Crippen LogP contribution in [-0.4, -0.2) is 81.6 Å². The van der Waals surface area contributed by atoms with Crippen LogP contribution in [0.1, 0.15) is 43.5 Å². The highest BCUT2D eigenvalue weighted by atomic mass is 19.4. The van der Waals surface area contributed by atoms with Crippen molar-refractivity contribution in [1.29, 1.82) is 0 Å². The lowest BCUT2D eigenvalue weighted by atomic mass is 9.78. The lowest BCUT2D eigenvalue weighted by Crippen LogP contribution is -2.52. The van der Waals surface area contributed by atoms with Crippen molar-refractivity contribution in [3.05, 3.63) is 29.6 Å². The molecule has 1 atom stereocenters. The average molecular weight is 470 g/mol. The standard InChI is InChI=1S/C20H28N4O2.C2HF3O2/c1-16-6-4-7-17(21-16)14-23-13-9-20(18(23)25)8-5-12-24(15-20)19(26)22-10-2-3-11-22;3-2(4,5)1(6)7/h4,6-7H,2-3,5,8-15H2,1H3;(H,6,7). The van der Waals surface area contributed by atoms with Gasteiger partial charge in [-0.25, -0.2) is 9.59 Å². The number of amides is 3.